The first-order chi connectivity index (χ1) is 9.90. The predicted molar refractivity (Wildman–Crippen MR) is 75.1 cm³/mol. The second-order valence-electron chi connectivity index (χ2n) is 4.41. The van der Waals surface area contributed by atoms with Gasteiger partial charge in [0.25, 0.3) is 0 Å². The van der Waals surface area contributed by atoms with Gasteiger partial charge in [0.05, 0.1) is 11.3 Å². The van der Waals surface area contributed by atoms with E-state index < -0.39 is 11.7 Å². The fourth-order valence-electron chi connectivity index (χ4n) is 1.59. The topological polar surface area (TPSA) is 37.8 Å². The minimum atomic E-state index is -4.36. The number of alkyl halides is 3. The summed E-state index contributed by atoms with van der Waals surface area (Å²) in [4.78, 5) is 8.96. The van der Waals surface area contributed by atoms with E-state index in [2.05, 4.69) is 15.3 Å². The Morgan fingerprint density at radius 2 is 1.86 bits per heavy atom. The van der Waals surface area contributed by atoms with Gasteiger partial charge in [0.2, 0.25) is 0 Å². The van der Waals surface area contributed by atoms with Crippen molar-refractivity contribution in [1.82, 2.24) is 15.3 Å². The smallest absolute Gasteiger partial charge is 0.312 e. The van der Waals surface area contributed by atoms with Crippen molar-refractivity contribution in [2.24, 2.45) is 0 Å². The zero-order chi connectivity index (χ0) is 15.5. The van der Waals surface area contributed by atoms with Crippen LogP contribution in [0, 0.1) is 0 Å². The number of rotatable bonds is 4. The van der Waals surface area contributed by atoms with Crippen LogP contribution in [0.15, 0.2) is 46.6 Å². The summed E-state index contributed by atoms with van der Waals surface area (Å²) in [7, 11) is 1.85. The first-order valence-electron chi connectivity index (χ1n) is 6.24. The van der Waals surface area contributed by atoms with Crippen LogP contribution in [-0.2, 0) is 6.18 Å². The molecule has 3 nitrogen and oxygen atoms in total. The van der Waals surface area contributed by atoms with E-state index in [9.17, 15) is 13.2 Å². The predicted octanol–water partition coefficient (Wildman–Crippen LogP) is 3.93. The molecule has 0 fully saturated rings. The molecule has 2 aromatic rings. The van der Waals surface area contributed by atoms with Crippen molar-refractivity contribution in [3.8, 4) is 0 Å². The van der Waals surface area contributed by atoms with Crippen molar-refractivity contribution in [3.63, 3.8) is 0 Å². The second-order valence-corrected chi connectivity index (χ2v) is 5.51. The molecule has 0 aromatic carbocycles. The number of pyridine rings is 2. The molecule has 2 rings (SSSR count). The number of hydrogen-bond donors (Lipinski definition) is 1. The summed E-state index contributed by atoms with van der Waals surface area (Å²) in [6.45, 7) is 1.99. The zero-order valence-corrected chi connectivity index (χ0v) is 12.3. The van der Waals surface area contributed by atoms with Crippen LogP contribution >= 0.6 is 11.8 Å². The number of halogens is 3. The van der Waals surface area contributed by atoms with E-state index in [-0.39, 0.29) is 6.04 Å². The molecule has 112 valence electrons. The van der Waals surface area contributed by atoms with Gasteiger partial charge in [-0.25, -0.2) is 4.98 Å². The second kappa shape index (κ2) is 6.44. The van der Waals surface area contributed by atoms with E-state index >= 15 is 0 Å². The van der Waals surface area contributed by atoms with E-state index in [1.165, 1.54) is 17.8 Å². The largest absolute Gasteiger partial charge is 0.417 e. The van der Waals surface area contributed by atoms with Gasteiger partial charge in [-0.05, 0) is 38.2 Å². The summed E-state index contributed by atoms with van der Waals surface area (Å²) in [6.07, 6.45) is -1.83. The highest BCUT2D eigenvalue weighted by molar-refractivity contribution is 7.99. The third-order valence-electron chi connectivity index (χ3n) is 2.92. The summed E-state index contributed by atoms with van der Waals surface area (Å²) in [5.41, 5.74) is 0.158. The summed E-state index contributed by atoms with van der Waals surface area (Å²) >= 11 is 1.27. The molecule has 0 aliphatic carbocycles. The minimum Gasteiger partial charge on any atom is -0.312 e. The molecule has 0 aliphatic heterocycles. The van der Waals surface area contributed by atoms with Crippen LogP contribution < -0.4 is 5.32 Å². The van der Waals surface area contributed by atoms with Gasteiger partial charge in [0.1, 0.15) is 5.03 Å². The fourth-order valence-corrected chi connectivity index (χ4v) is 2.31. The van der Waals surface area contributed by atoms with Gasteiger partial charge in [0, 0.05) is 23.3 Å². The highest BCUT2D eigenvalue weighted by atomic mass is 32.2. The van der Waals surface area contributed by atoms with Crippen LogP contribution in [0.3, 0.4) is 0 Å². The Bertz CT molecular complexity index is 582. The highest BCUT2D eigenvalue weighted by Crippen LogP contribution is 2.31. The van der Waals surface area contributed by atoms with Crippen molar-refractivity contribution in [2.45, 2.75) is 29.1 Å². The lowest BCUT2D eigenvalue weighted by atomic mass is 10.2. The molecule has 1 N–H and O–H groups in total. The first-order valence-corrected chi connectivity index (χ1v) is 7.06. The van der Waals surface area contributed by atoms with E-state index in [4.69, 9.17) is 0 Å². The molecule has 0 saturated carbocycles. The third kappa shape index (κ3) is 4.18. The standard InChI is InChI=1S/C14H14F3N3S/c1-9(18-2)12-5-4-11(8-19-12)21-13-6-3-10(7-20-13)14(15,16)17/h3-9,18H,1-2H3. The average molecular weight is 313 g/mol. The van der Waals surface area contributed by atoms with E-state index in [1.807, 2.05) is 26.1 Å². The van der Waals surface area contributed by atoms with Crippen molar-refractivity contribution in [3.05, 3.63) is 47.9 Å². The summed E-state index contributed by atoms with van der Waals surface area (Å²) in [6, 6.07) is 6.29. The molecule has 2 heterocycles. The Morgan fingerprint density at radius 3 is 2.33 bits per heavy atom. The summed E-state index contributed by atoms with van der Waals surface area (Å²) < 4.78 is 37.3. The van der Waals surface area contributed by atoms with Gasteiger partial charge in [-0.3, -0.25) is 4.98 Å². The van der Waals surface area contributed by atoms with Gasteiger partial charge in [-0.1, -0.05) is 11.8 Å². The van der Waals surface area contributed by atoms with Crippen molar-refractivity contribution < 1.29 is 13.2 Å². The van der Waals surface area contributed by atoms with Crippen molar-refractivity contribution in [2.75, 3.05) is 7.05 Å². The number of aromatic nitrogens is 2. The molecular weight excluding hydrogens is 299 g/mol. The van der Waals surface area contributed by atoms with E-state index in [1.54, 1.807) is 6.20 Å². The Kier molecular flexibility index (Phi) is 4.84. The molecule has 0 bridgehead atoms. The van der Waals surface area contributed by atoms with Crippen molar-refractivity contribution >= 4 is 11.8 Å². The summed E-state index contributed by atoms with van der Waals surface area (Å²) in [5.74, 6) is 0. The maximum Gasteiger partial charge on any atom is 0.417 e. The van der Waals surface area contributed by atoms with Gasteiger partial charge in [0.15, 0.2) is 0 Å². The molecule has 1 atom stereocenters. The number of hydrogen-bond acceptors (Lipinski definition) is 4. The van der Waals surface area contributed by atoms with Crippen LogP contribution in [0.4, 0.5) is 13.2 Å². The van der Waals surface area contributed by atoms with Gasteiger partial charge in [-0.15, -0.1) is 0 Å². The van der Waals surface area contributed by atoms with E-state index in [0.717, 1.165) is 22.9 Å². The highest BCUT2D eigenvalue weighted by Gasteiger charge is 2.30. The first kappa shape index (κ1) is 15.8. The van der Waals surface area contributed by atoms with Crippen LogP contribution in [0.2, 0.25) is 0 Å². The molecule has 0 amide bonds. The molecule has 0 saturated heterocycles. The molecule has 0 aliphatic rings. The molecule has 0 spiro atoms. The van der Waals surface area contributed by atoms with E-state index in [0.29, 0.717) is 5.03 Å². The van der Waals surface area contributed by atoms with Crippen LogP contribution in [0.5, 0.6) is 0 Å². The normalized spacial score (nSPS) is 13.2. The Balaban J connectivity index is 2.08. The zero-order valence-electron chi connectivity index (χ0n) is 11.5. The lowest BCUT2D eigenvalue weighted by Crippen LogP contribution is -2.13. The monoisotopic (exact) mass is 313 g/mol. The SMILES string of the molecule is CNC(C)c1ccc(Sc2ccc(C(F)(F)F)cn2)cn1. The maximum absolute atomic E-state index is 12.4. The minimum absolute atomic E-state index is 0.147. The molecule has 21 heavy (non-hydrogen) atoms. The van der Waals surface area contributed by atoms with Crippen molar-refractivity contribution in [1.29, 1.82) is 0 Å². The Hall–Kier alpha value is -1.60. The Morgan fingerprint density at radius 1 is 1.10 bits per heavy atom. The quantitative estimate of drug-likeness (QED) is 0.928. The number of nitrogens with zero attached hydrogens (tertiary/aromatic N) is 2. The molecule has 2 aromatic heterocycles. The van der Waals surface area contributed by atoms with Gasteiger partial charge in [-0.2, -0.15) is 13.2 Å². The molecular formula is C14H14F3N3S. The molecule has 0 radical (unpaired) electrons. The van der Waals surface area contributed by atoms with Crippen LogP contribution in [-0.4, -0.2) is 17.0 Å². The fraction of sp³-hybridized carbons (Fsp3) is 0.286. The van der Waals surface area contributed by atoms with Gasteiger partial charge < -0.3 is 5.32 Å². The average Bonchev–Trinajstić information content (AvgIpc) is 2.47. The molecule has 1 unspecified atom stereocenters. The van der Waals surface area contributed by atoms with Crippen LogP contribution in [0.1, 0.15) is 24.2 Å². The number of nitrogens with one attached hydrogen (secondary N) is 1. The third-order valence-corrected chi connectivity index (χ3v) is 3.85. The lowest BCUT2D eigenvalue weighted by Gasteiger charge is -2.10. The maximum atomic E-state index is 12.4. The molecule has 7 heteroatoms. The van der Waals surface area contributed by atoms with Gasteiger partial charge >= 0.3 is 6.18 Å². The van der Waals surface area contributed by atoms with Crippen LogP contribution in [0.25, 0.3) is 0 Å². The summed E-state index contributed by atoms with van der Waals surface area (Å²) in [5, 5.41) is 3.58. The Labute approximate surface area is 125 Å². The lowest BCUT2D eigenvalue weighted by molar-refractivity contribution is -0.137.